The molecule has 0 radical (unpaired) electrons. The summed E-state index contributed by atoms with van der Waals surface area (Å²) in [5.41, 5.74) is 2.14. The molecule has 1 heterocycles. The van der Waals surface area contributed by atoms with E-state index < -0.39 is 23.5 Å². The molecule has 2 aromatic carbocycles. The van der Waals surface area contributed by atoms with Gasteiger partial charge in [-0.3, -0.25) is 4.79 Å². The van der Waals surface area contributed by atoms with Crippen molar-refractivity contribution in [2.45, 2.75) is 32.7 Å². The lowest BCUT2D eigenvalue weighted by atomic mass is 10.0. The molecular weight excluding hydrogens is 422 g/mol. The number of carboxylic acids is 1. The second-order valence-corrected chi connectivity index (χ2v) is 7.52. The number of aryl methyl sites for hydroxylation is 2. The summed E-state index contributed by atoms with van der Waals surface area (Å²) in [6, 6.07) is 10.6. The normalized spacial score (nSPS) is 11.8. The van der Waals surface area contributed by atoms with Crippen molar-refractivity contribution in [1.82, 2.24) is 5.32 Å². The Kier molecular flexibility index (Phi) is 6.97. The van der Waals surface area contributed by atoms with Crippen molar-refractivity contribution in [3.8, 4) is 5.75 Å². The van der Waals surface area contributed by atoms with Gasteiger partial charge in [0.05, 0.1) is 0 Å². The molecule has 2 N–H and O–H groups in total. The highest BCUT2D eigenvalue weighted by molar-refractivity contribution is 6.30. The first-order valence-electron chi connectivity index (χ1n) is 9.74. The van der Waals surface area contributed by atoms with Crippen molar-refractivity contribution in [1.29, 1.82) is 0 Å². The summed E-state index contributed by atoms with van der Waals surface area (Å²) in [7, 11) is 0. The number of carbonyl (C=O) groups excluding carboxylic acids is 1. The lowest BCUT2D eigenvalue weighted by molar-refractivity contribution is -0.142. The first-order valence-corrected chi connectivity index (χ1v) is 10.1. The van der Waals surface area contributed by atoms with E-state index in [4.69, 9.17) is 20.8 Å². The number of rotatable bonds is 8. The predicted molar refractivity (Wildman–Crippen MR) is 117 cm³/mol. The number of halogens is 1. The van der Waals surface area contributed by atoms with E-state index in [9.17, 15) is 19.5 Å². The van der Waals surface area contributed by atoms with Gasteiger partial charge in [-0.25, -0.2) is 9.59 Å². The highest BCUT2D eigenvalue weighted by Crippen LogP contribution is 2.28. The van der Waals surface area contributed by atoms with Gasteiger partial charge in [-0.05, 0) is 48.7 Å². The number of aliphatic carboxylic acids is 1. The standard InChI is InChI=1S/C23H22ClNO6/c1-3-15-11-21(27)31-22-13(2)19(9-8-17(15)22)30-12-20(26)25-18(23(28)29)10-14-4-6-16(24)7-5-14/h4-9,11,18H,3,10,12H2,1-2H3,(H,25,26)(H,28,29)/t18-/m1/s1. The number of amides is 1. The van der Waals surface area contributed by atoms with E-state index in [1.54, 1.807) is 43.3 Å². The molecule has 0 aliphatic rings. The zero-order valence-corrected chi connectivity index (χ0v) is 17.9. The van der Waals surface area contributed by atoms with Crippen molar-refractivity contribution in [3.05, 3.63) is 74.6 Å². The molecule has 7 nitrogen and oxygen atoms in total. The maximum absolute atomic E-state index is 12.3. The van der Waals surface area contributed by atoms with Crippen molar-refractivity contribution in [3.63, 3.8) is 0 Å². The van der Waals surface area contributed by atoms with E-state index in [0.29, 0.717) is 28.3 Å². The predicted octanol–water partition coefficient (Wildman–Crippen LogP) is 3.51. The number of nitrogens with one attached hydrogen (secondary N) is 1. The molecular formula is C23H22ClNO6. The van der Waals surface area contributed by atoms with Gasteiger partial charge in [0.2, 0.25) is 0 Å². The Balaban J connectivity index is 1.69. The monoisotopic (exact) mass is 443 g/mol. The molecule has 0 spiro atoms. The van der Waals surface area contributed by atoms with Crippen LogP contribution in [-0.2, 0) is 22.4 Å². The fraction of sp³-hybridized carbons (Fsp3) is 0.261. The fourth-order valence-corrected chi connectivity index (χ4v) is 3.42. The SMILES string of the molecule is CCc1cc(=O)oc2c(C)c(OCC(=O)N[C@H](Cc3ccc(Cl)cc3)C(=O)O)ccc12. The van der Waals surface area contributed by atoms with Crippen molar-refractivity contribution in [2.75, 3.05) is 6.61 Å². The fourth-order valence-electron chi connectivity index (χ4n) is 3.29. The molecule has 3 aromatic rings. The Morgan fingerprint density at radius 3 is 2.55 bits per heavy atom. The van der Waals surface area contributed by atoms with Crippen LogP contribution < -0.4 is 15.7 Å². The molecule has 0 aliphatic heterocycles. The van der Waals surface area contributed by atoms with Crippen molar-refractivity contribution < 1.29 is 23.8 Å². The number of carboxylic acid groups (broad SMARTS) is 1. The smallest absolute Gasteiger partial charge is 0.336 e. The Bertz CT molecular complexity index is 1170. The van der Waals surface area contributed by atoms with Crippen LogP contribution in [0.3, 0.4) is 0 Å². The summed E-state index contributed by atoms with van der Waals surface area (Å²) < 4.78 is 10.9. The maximum atomic E-state index is 12.3. The third-order valence-electron chi connectivity index (χ3n) is 4.92. The van der Waals surface area contributed by atoms with Gasteiger partial charge in [-0.15, -0.1) is 0 Å². The molecule has 3 rings (SSSR count). The second kappa shape index (κ2) is 9.66. The maximum Gasteiger partial charge on any atom is 0.336 e. The van der Waals surface area contributed by atoms with Gasteiger partial charge in [0.15, 0.2) is 6.61 Å². The Labute approximate surface area is 183 Å². The van der Waals surface area contributed by atoms with Gasteiger partial charge in [0.25, 0.3) is 5.91 Å². The number of fused-ring (bicyclic) bond motifs is 1. The van der Waals surface area contributed by atoms with E-state index >= 15 is 0 Å². The summed E-state index contributed by atoms with van der Waals surface area (Å²) in [4.78, 5) is 35.7. The molecule has 31 heavy (non-hydrogen) atoms. The number of hydrogen-bond donors (Lipinski definition) is 2. The molecule has 1 aromatic heterocycles. The minimum absolute atomic E-state index is 0.109. The van der Waals surface area contributed by atoms with Crippen molar-refractivity contribution in [2.24, 2.45) is 0 Å². The molecule has 0 saturated carbocycles. The van der Waals surface area contributed by atoms with Gasteiger partial charge in [-0.1, -0.05) is 30.7 Å². The summed E-state index contributed by atoms with van der Waals surface area (Å²) >= 11 is 5.84. The van der Waals surface area contributed by atoms with Crippen LogP contribution in [0.4, 0.5) is 0 Å². The third kappa shape index (κ3) is 5.44. The lowest BCUT2D eigenvalue weighted by Gasteiger charge is -2.16. The first-order chi connectivity index (χ1) is 14.8. The van der Waals surface area contributed by atoms with Crippen LogP contribution in [0.2, 0.25) is 5.02 Å². The van der Waals surface area contributed by atoms with Gasteiger partial charge < -0.3 is 19.6 Å². The largest absolute Gasteiger partial charge is 0.483 e. The van der Waals surface area contributed by atoms with Crippen LogP contribution in [0, 0.1) is 6.92 Å². The van der Waals surface area contributed by atoms with E-state index in [2.05, 4.69) is 5.32 Å². The topological polar surface area (TPSA) is 106 Å². The minimum atomic E-state index is -1.15. The zero-order chi connectivity index (χ0) is 22.5. The summed E-state index contributed by atoms with van der Waals surface area (Å²) in [5, 5.41) is 13.3. The average Bonchev–Trinajstić information content (AvgIpc) is 2.74. The Morgan fingerprint density at radius 1 is 1.19 bits per heavy atom. The zero-order valence-electron chi connectivity index (χ0n) is 17.1. The van der Waals surface area contributed by atoms with Crippen LogP contribution >= 0.6 is 11.6 Å². The van der Waals surface area contributed by atoms with Crippen LogP contribution in [-0.4, -0.2) is 29.6 Å². The summed E-state index contributed by atoms with van der Waals surface area (Å²) in [6.07, 6.45) is 0.784. The van der Waals surface area contributed by atoms with Crippen LogP contribution in [0.5, 0.6) is 5.75 Å². The molecule has 1 atom stereocenters. The molecule has 0 bridgehead atoms. The third-order valence-corrected chi connectivity index (χ3v) is 5.17. The van der Waals surface area contributed by atoms with Crippen LogP contribution in [0.15, 0.2) is 51.7 Å². The quantitative estimate of drug-likeness (QED) is 0.516. The van der Waals surface area contributed by atoms with Crippen LogP contribution in [0.1, 0.15) is 23.6 Å². The highest BCUT2D eigenvalue weighted by atomic mass is 35.5. The number of ether oxygens (including phenoxy) is 1. The van der Waals surface area contributed by atoms with Gasteiger partial charge in [0.1, 0.15) is 17.4 Å². The van der Waals surface area contributed by atoms with Gasteiger partial charge in [0, 0.05) is 28.5 Å². The lowest BCUT2D eigenvalue weighted by Crippen LogP contribution is -2.44. The Morgan fingerprint density at radius 2 is 1.90 bits per heavy atom. The van der Waals surface area contributed by atoms with E-state index in [0.717, 1.165) is 16.5 Å². The summed E-state index contributed by atoms with van der Waals surface area (Å²) in [5.74, 6) is -1.35. The molecule has 1 amide bonds. The Hall–Kier alpha value is -3.32. The number of carbonyl (C=O) groups is 2. The molecule has 0 aliphatic carbocycles. The molecule has 0 fully saturated rings. The second-order valence-electron chi connectivity index (χ2n) is 7.09. The number of hydrogen-bond acceptors (Lipinski definition) is 5. The minimum Gasteiger partial charge on any atom is -0.483 e. The van der Waals surface area contributed by atoms with E-state index in [-0.39, 0.29) is 13.0 Å². The van der Waals surface area contributed by atoms with Crippen molar-refractivity contribution >= 4 is 34.4 Å². The molecule has 0 unspecified atom stereocenters. The molecule has 162 valence electrons. The van der Waals surface area contributed by atoms with Gasteiger partial charge >= 0.3 is 11.6 Å². The molecule has 0 saturated heterocycles. The summed E-state index contributed by atoms with van der Waals surface area (Å²) in [6.45, 7) is 3.30. The molecule has 8 heteroatoms. The number of benzene rings is 2. The average molecular weight is 444 g/mol. The van der Waals surface area contributed by atoms with Crippen LogP contribution in [0.25, 0.3) is 11.0 Å². The first kappa shape index (κ1) is 22.4. The van der Waals surface area contributed by atoms with Gasteiger partial charge in [-0.2, -0.15) is 0 Å². The highest BCUT2D eigenvalue weighted by Gasteiger charge is 2.21. The van der Waals surface area contributed by atoms with E-state index in [1.807, 2.05) is 6.92 Å². The van der Waals surface area contributed by atoms with E-state index in [1.165, 1.54) is 6.07 Å².